The monoisotopic (exact) mass is 213 g/mol. The van der Waals surface area contributed by atoms with Gasteiger partial charge in [-0.1, -0.05) is 20.8 Å². The van der Waals surface area contributed by atoms with E-state index in [1.165, 1.54) is 11.3 Å². The SMILES string of the molecule is CCOC(=O)c1ncc(C(C)(C)C)s1. The predicted octanol–water partition coefficient (Wildman–Crippen LogP) is 2.62. The van der Waals surface area contributed by atoms with Gasteiger partial charge in [-0.15, -0.1) is 11.3 Å². The quantitative estimate of drug-likeness (QED) is 0.709. The minimum Gasteiger partial charge on any atom is -0.461 e. The van der Waals surface area contributed by atoms with Crippen molar-refractivity contribution in [2.45, 2.75) is 33.1 Å². The number of rotatable bonds is 2. The van der Waals surface area contributed by atoms with E-state index in [0.29, 0.717) is 11.6 Å². The van der Waals surface area contributed by atoms with Gasteiger partial charge in [-0.2, -0.15) is 0 Å². The van der Waals surface area contributed by atoms with Crippen LogP contribution in [0.15, 0.2) is 6.20 Å². The Bertz CT molecular complexity index is 325. The standard InChI is InChI=1S/C10H15NO2S/c1-5-13-9(12)8-11-6-7(14-8)10(2,3)4/h6H,5H2,1-4H3. The highest BCUT2D eigenvalue weighted by Crippen LogP contribution is 2.27. The van der Waals surface area contributed by atoms with E-state index in [2.05, 4.69) is 25.8 Å². The molecule has 4 heteroatoms. The molecule has 0 aromatic carbocycles. The maximum Gasteiger partial charge on any atom is 0.367 e. The Balaban J connectivity index is 2.83. The molecule has 1 aromatic heterocycles. The summed E-state index contributed by atoms with van der Waals surface area (Å²) >= 11 is 1.40. The van der Waals surface area contributed by atoms with E-state index in [0.717, 1.165) is 4.88 Å². The number of nitrogens with zero attached hydrogens (tertiary/aromatic N) is 1. The van der Waals surface area contributed by atoms with Gasteiger partial charge in [0.1, 0.15) is 0 Å². The van der Waals surface area contributed by atoms with Crippen molar-refractivity contribution < 1.29 is 9.53 Å². The molecule has 0 saturated carbocycles. The van der Waals surface area contributed by atoms with Gasteiger partial charge in [-0.25, -0.2) is 9.78 Å². The summed E-state index contributed by atoms with van der Waals surface area (Å²) in [5.41, 5.74) is 0.0441. The van der Waals surface area contributed by atoms with Crippen LogP contribution < -0.4 is 0 Å². The summed E-state index contributed by atoms with van der Waals surface area (Å²) in [7, 11) is 0. The van der Waals surface area contributed by atoms with Crippen LogP contribution in [0.4, 0.5) is 0 Å². The van der Waals surface area contributed by atoms with Crippen LogP contribution in [0.3, 0.4) is 0 Å². The third-order valence-electron chi connectivity index (χ3n) is 1.69. The lowest BCUT2D eigenvalue weighted by Gasteiger charge is -2.14. The van der Waals surface area contributed by atoms with Crippen LogP contribution in [0.5, 0.6) is 0 Å². The summed E-state index contributed by atoms with van der Waals surface area (Å²) in [5, 5.41) is 0.441. The molecule has 0 amide bonds. The van der Waals surface area contributed by atoms with Gasteiger partial charge in [-0.05, 0) is 12.3 Å². The highest BCUT2D eigenvalue weighted by atomic mass is 32.1. The zero-order valence-corrected chi connectivity index (χ0v) is 9.77. The number of thiazole rings is 1. The van der Waals surface area contributed by atoms with Crippen molar-refractivity contribution in [3.8, 4) is 0 Å². The van der Waals surface area contributed by atoms with Crippen LogP contribution >= 0.6 is 11.3 Å². The van der Waals surface area contributed by atoms with Gasteiger partial charge in [-0.3, -0.25) is 0 Å². The first-order chi connectivity index (χ1) is 6.45. The smallest absolute Gasteiger partial charge is 0.367 e. The number of carbonyl (C=O) groups excluding carboxylic acids is 1. The average Bonchev–Trinajstić information content (AvgIpc) is 2.51. The van der Waals surface area contributed by atoms with Gasteiger partial charge in [0, 0.05) is 11.1 Å². The summed E-state index contributed by atoms with van der Waals surface area (Å²) in [6, 6.07) is 0. The second-order valence-electron chi connectivity index (χ2n) is 4.00. The molecule has 1 aromatic rings. The van der Waals surface area contributed by atoms with Gasteiger partial charge >= 0.3 is 5.97 Å². The topological polar surface area (TPSA) is 39.2 Å². The van der Waals surface area contributed by atoms with Crippen LogP contribution in [0.1, 0.15) is 42.4 Å². The molecule has 0 unspecified atom stereocenters. The Morgan fingerprint density at radius 1 is 1.57 bits per heavy atom. The van der Waals surface area contributed by atoms with Gasteiger partial charge in [0.25, 0.3) is 0 Å². The van der Waals surface area contributed by atoms with Crippen molar-refractivity contribution in [2.75, 3.05) is 6.61 Å². The van der Waals surface area contributed by atoms with Crippen LogP contribution in [0.2, 0.25) is 0 Å². The Morgan fingerprint density at radius 2 is 2.21 bits per heavy atom. The molecule has 1 heterocycles. The molecule has 0 bridgehead atoms. The maximum atomic E-state index is 11.3. The van der Waals surface area contributed by atoms with Crippen LogP contribution in [0.25, 0.3) is 0 Å². The summed E-state index contributed by atoms with van der Waals surface area (Å²) in [6.45, 7) is 8.46. The predicted molar refractivity (Wildman–Crippen MR) is 56.8 cm³/mol. The van der Waals surface area contributed by atoms with Crippen molar-refractivity contribution in [3.05, 3.63) is 16.1 Å². The highest BCUT2D eigenvalue weighted by molar-refractivity contribution is 7.13. The molecular formula is C10H15NO2S. The van der Waals surface area contributed by atoms with E-state index >= 15 is 0 Å². The van der Waals surface area contributed by atoms with E-state index in [9.17, 15) is 4.79 Å². The third-order valence-corrected chi connectivity index (χ3v) is 3.10. The molecule has 0 aliphatic heterocycles. The second kappa shape index (κ2) is 4.09. The number of hydrogen-bond acceptors (Lipinski definition) is 4. The molecule has 14 heavy (non-hydrogen) atoms. The number of ether oxygens (including phenoxy) is 1. The number of aromatic nitrogens is 1. The zero-order chi connectivity index (χ0) is 10.8. The van der Waals surface area contributed by atoms with E-state index in [-0.39, 0.29) is 11.4 Å². The highest BCUT2D eigenvalue weighted by Gasteiger charge is 2.20. The Hall–Kier alpha value is -0.900. The van der Waals surface area contributed by atoms with E-state index < -0.39 is 0 Å². The van der Waals surface area contributed by atoms with Crippen molar-refractivity contribution in [1.29, 1.82) is 0 Å². The molecule has 0 saturated heterocycles. The van der Waals surface area contributed by atoms with Gasteiger partial charge in [0.05, 0.1) is 6.61 Å². The first kappa shape index (κ1) is 11.2. The van der Waals surface area contributed by atoms with Gasteiger partial charge in [0.2, 0.25) is 5.01 Å². The molecule has 0 radical (unpaired) electrons. The Morgan fingerprint density at radius 3 is 2.64 bits per heavy atom. The lowest BCUT2D eigenvalue weighted by atomic mass is 9.96. The molecular weight excluding hydrogens is 198 g/mol. The van der Waals surface area contributed by atoms with Crippen molar-refractivity contribution in [3.63, 3.8) is 0 Å². The molecule has 0 aliphatic carbocycles. The summed E-state index contributed by atoms with van der Waals surface area (Å²) in [4.78, 5) is 16.5. The first-order valence-electron chi connectivity index (χ1n) is 4.58. The number of hydrogen-bond donors (Lipinski definition) is 0. The third kappa shape index (κ3) is 2.54. The molecule has 0 aliphatic rings. The molecule has 0 N–H and O–H groups in total. The maximum absolute atomic E-state index is 11.3. The molecule has 78 valence electrons. The van der Waals surface area contributed by atoms with E-state index in [1.807, 2.05) is 0 Å². The Kier molecular flexibility index (Phi) is 3.26. The minimum absolute atomic E-state index is 0.0441. The summed E-state index contributed by atoms with van der Waals surface area (Å²) in [6.07, 6.45) is 1.75. The van der Waals surface area contributed by atoms with E-state index in [4.69, 9.17) is 4.74 Å². The lowest BCUT2D eigenvalue weighted by Crippen LogP contribution is -2.08. The fraction of sp³-hybridized carbons (Fsp3) is 0.600. The summed E-state index contributed by atoms with van der Waals surface area (Å²) < 4.78 is 4.86. The van der Waals surface area contributed by atoms with Crippen LogP contribution in [-0.4, -0.2) is 17.6 Å². The molecule has 0 fully saturated rings. The molecule has 1 rings (SSSR count). The second-order valence-corrected chi connectivity index (χ2v) is 5.03. The molecule has 0 spiro atoms. The lowest BCUT2D eigenvalue weighted by molar-refractivity contribution is 0.0526. The Labute approximate surface area is 88.1 Å². The average molecular weight is 213 g/mol. The largest absolute Gasteiger partial charge is 0.461 e. The van der Waals surface area contributed by atoms with Crippen molar-refractivity contribution in [1.82, 2.24) is 4.98 Å². The van der Waals surface area contributed by atoms with Crippen LogP contribution in [0, 0.1) is 0 Å². The summed E-state index contributed by atoms with van der Waals surface area (Å²) in [5.74, 6) is -0.326. The van der Waals surface area contributed by atoms with Gasteiger partial charge < -0.3 is 4.74 Å². The minimum atomic E-state index is -0.326. The van der Waals surface area contributed by atoms with Gasteiger partial charge in [0.15, 0.2) is 0 Å². The number of esters is 1. The number of carbonyl (C=O) groups is 1. The van der Waals surface area contributed by atoms with Crippen molar-refractivity contribution in [2.24, 2.45) is 0 Å². The van der Waals surface area contributed by atoms with Crippen molar-refractivity contribution >= 4 is 17.3 Å². The first-order valence-corrected chi connectivity index (χ1v) is 5.40. The molecule has 3 nitrogen and oxygen atoms in total. The normalized spacial score (nSPS) is 11.4. The fourth-order valence-corrected chi connectivity index (χ4v) is 1.78. The zero-order valence-electron chi connectivity index (χ0n) is 8.96. The van der Waals surface area contributed by atoms with Crippen LogP contribution in [-0.2, 0) is 10.2 Å². The fourth-order valence-electron chi connectivity index (χ4n) is 0.908. The van der Waals surface area contributed by atoms with E-state index in [1.54, 1.807) is 13.1 Å². The molecule has 0 atom stereocenters.